The highest BCUT2D eigenvalue weighted by Crippen LogP contribution is 2.47. The molecule has 0 aromatic heterocycles. The molecule has 1 aromatic carbocycles. The predicted octanol–water partition coefficient (Wildman–Crippen LogP) is 6.48. The molecule has 0 heterocycles. The largest absolute Gasteiger partial charge is 0.253 e. The van der Waals surface area contributed by atoms with E-state index in [1.165, 1.54) is 0 Å². The van der Waals surface area contributed by atoms with Gasteiger partial charge < -0.3 is 0 Å². The lowest BCUT2D eigenvalue weighted by atomic mass is 9.71. The van der Waals surface area contributed by atoms with Crippen LogP contribution in [0.15, 0.2) is 30.3 Å². The fourth-order valence-corrected chi connectivity index (χ4v) is 5.19. The van der Waals surface area contributed by atoms with E-state index >= 15 is 0 Å². The maximum absolute atomic E-state index is 13.9. The lowest BCUT2D eigenvalue weighted by molar-refractivity contribution is 0.0729. The van der Waals surface area contributed by atoms with Crippen molar-refractivity contribution in [2.75, 3.05) is 0 Å². The number of alkyl halides is 2. The van der Waals surface area contributed by atoms with Crippen molar-refractivity contribution in [1.82, 2.24) is 0 Å². The zero-order chi connectivity index (χ0) is 18.6. The van der Waals surface area contributed by atoms with E-state index in [0.29, 0.717) is 10.6 Å². The molecule has 132 valence electrons. The second-order valence-corrected chi connectivity index (χ2v) is 10.1. The third-order valence-electron chi connectivity index (χ3n) is 3.85. The van der Waals surface area contributed by atoms with Gasteiger partial charge in [-0.05, 0) is 44.6 Å². The summed E-state index contributed by atoms with van der Waals surface area (Å²) in [7, 11) is 0. The zero-order valence-electron chi connectivity index (χ0n) is 14.9. The normalized spacial score (nSPS) is 15.0. The SMILES string of the molecule is CC(C)(C#N)CC(C)(C)CC(C)(SC(=S)c1ccccc1)C(F)F. The lowest BCUT2D eigenvalue weighted by Crippen LogP contribution is -2.38. The van der Waals surface area contributed by atoms with Crippen LogP contribution in [0.4, 0.5) is 8.78 Å². The van der Waals surface area contributed by atoms with E-state index in [9.17, 15) is 14.0 Å². The Morgan fingerprint density at radius 2 is 1.67 bits per heavy atom. The van der Waals surface area contributed by atoms with Gasteiger partial charge in [-0.3, -0.25) is 0 Å². The van der Waals surface area contributed by atoms with Crippen molar-refractivity contribution in [1.29, 1.82) is 5.26 Å². The molecule has 1 rings (SSSR count). The number of thioether (sulfide) groups is 1. The average Bonchev–Trinajstić information content (AvgIpc) is 2.46. The Hall–Kier alpha value is -0.990. The van der Waals surface area contributed by atoms with Crippen molar-refractivity contribution in [2.24, 2.45) is 10.8 Å². The molecule has 0 radical (unpaired) electrons. The predicted molar refractivity (Wildman–Crippen MR) is 103 cm³/mol. The van der Waals surface area contributed by atoms with Gasteiger partial charge in [0, 0.05) is 0 Å². The molecule has 0 fully saturated rings. The van der Waals surface area contributed by atoms with Gasteiger partial charge in [-0.25, -0.2) is 8.78 Å². The molecular formula is C19H25F2NS2. The van der Waals surface area contributed by atoms with Crippen LogP contribution in [0.25, 0.3) is 0 Å². The summed E-state index contributed by atoms with van der Waals surface area (Å²) < 4.78 is 26.9. The standard InChI is InChI=1S/C19H25F2NS2/c1-17(2,11-18(3,4)13-22)12-19(5,16(20)21)24-15(23)14-9-7-6-8-10-14/h6-10,16H,11-12H2,1-5H3. The van der Waals surface area contributed by atoms with Gasteiger partial charge >= 0.3 is 0 Å². The number of nitrogens with zero attached hydrogens (tertiary/aromatic N) is 1. The van der Waals surface area contributed by atoms with Crippen LogP contribution in [0.5, 0.6) is 0 Å². The van der Waals surface area contributed by atoms with E-state index < -0.39 is 22.0 Å². The van der Waals surface area contributed by atoms with E-state index in [1.54, 1.807) is 6.92 Å². The summed E-state index contributed by atoms with van der Waals surface area (Å²) in [5, 5.41) is 9.23. The number of benzene rings is 1. The van der Waals surface area contributed by atoms with Crippen molar-refractivity contribution < 1.29 is 8.78 Å². The second-order valence-electron chi connectivity index (χ2n) is 7.88. The Labute approximate surface area is 153 Å². The monoisotopic (exact) mass is 369 g/mol. The molecular weight excluding hydrogens is 344 g/mol. The smallest absolute Gasteiger partial charge is 0.209 e. The highest BCUT2D eigenvalue weighted by molar-refractivity contribution is 8.24. The third-order valence-corrected chi connectivity index (χ3v) is 5.55. The van der Waals surface area contributed by atoms with Gasteiger partial charge in [-0.15, -0.1) is 11.8 Å². The van der Waals surface area contributed by atoms with Crippen LogP contribution in [0, 0.1) is 22.2 Å². The summed E-state index contributed by atoms with van der Waals surface area (Å²) in [5.41, 5.74) is -0.152. The molecule has 0 aliphatic carbocycles. The molecule has 24 heavy (non-hydrogen) atoms. The van der Waals surface area contributed by atoms with Gasteiger partial charge in [0.05, 0.1) is 20.4 Å². The van der Waals surface area contributed by atoms with Crippen LogP contribution in [0.2, 0.25) is 0 Å². The summed E-state index contributed by atoms with van der Waals surface area (Å²) in [6.07, 6.45) is -1.67. The van der Waals surface area contributed by atoms with Gasteiger partial charge in [-0.2, -0.15) is 5.26 Å². The van der Waals surface area contributed by atoms with Gasteiger partial charge in [-0.1, -0.05) is 56.4 Å². The quantitative estimate of drug-likeness (QED) is 0.514. The fourth-order valence-electron chi connectivity index (χ4n) is 3.25. The number of halogens is 2. The fraction of sp³-hybridized carbons (Fsp3) is 0.579. The summed E-state index contributed by atoms with van der Waals surface area (Å²) in [6, 6.07) is 11.5. The Bertz CT molecular complexity index is 606. The second kappa shape index (κ2) is 7.93. The maximum atomic E-state index is 13.9. The van der Waals surface area contributed by atoms with Gasteiger partial charge in [0.1, 0.15) is 0 Å². The van der Waals surface area contributed by atoms with Crippen LogP contribution in [-0.4, -0.2) is 15.4 Å². The summed E-state index contributed by atoms with van der Waals surface area (Å²) in [6.45, 7) is 9.14. The van der Waals surface area contributed by atoms with Gasteiger partial charge in [0.15, 0.2) is 0 Å². The molecule has 0 saturated heterocycles. The Balaban J connectivity index is 2.96. The first-order valence-electron chi connectivity index (χ1n) is 7.89. The average molecular weight is 370 g/mol. The first kappa shape index (κ1) is 21.1. The lowest BCUT2D eigenvalue weighted by Gasteiger charge is -2.39. The van der Waals surface area contributed by atoms with Crippen molar-refractivity contribution in [3.05, 3.63) is 35.9 Å². The minimum atomic E-state index is -2.51. The highest BCUT2D eigenvalue weighted by Gasteiger charge is 2.43. The molecule has 0 aliphatic rings. The zero-order valence-corrected chi connectivity index (χ0v) is 16.5. The van der Waals surface area contributed by atoms with E-state index in [2.05, 4.69) is 6.07 Å². The highest BCUT2D eigenvalue weighted by atomic mass is 32.2. The first-order chi connectivity index (χ1) is 10.9. The van der Waals surface area contributed by atoms with Crippen LogP contribution < -0.4 is 0 Å². The van der Waals surface area contributed by atoms with Crippen molar-refractivity contribution in [3.63, 3.8) is 0 Å². The van der Waals surface area contributed by atoms with Crippen molar-refractivity contribution in [2.45, 2.75) is 58.6 Å². The molecule has 0 bridgehead atoms. The molecule has 1 unspecified atom stereocenters. The van der Waals surface area contributed by atoms with Crippen LogP contribution in [-0.2, 0) is 0 Å². The summed E-state index contributed by atoms with van der Waals surface area (Å²) in [4.78, 5) is 0. The Kier molecular flexibility index (Phi) is 6.95. The number of thiocarbonyl (C=S) groups is 1. The molecule has 0 saturated carbocycles. The van der Waals surface area contributed by atoms with Gasteiger partial charge in [0.25, 0.3) is 6.43 Å². The van der Waals surface area contributed by atoms with E-state index in [-0.39, 0.29) is 6.42 Å². The maximum Gasteiger partial charge on any atom is 0.253 e. The first-order valence-corrected chi connectivity index (χ1v) is 9.11. The molecule has 0 spiro atoms. The molecule has 0 N–H and O–H groups in total. The van der Waals surface area contributed by atoms with Crippen LogP contribution in [0.3, 0.4) is 0 Å². The van der Waals surface area contributed by atoms with Crippen LogP contribution in [0.1, 0.15) is 53.0 Å². The summed E-state index contributed by atoms with van der Waals surface area (Å²) in [5.74, 6) is 0. The Morgan fingerprint density at radius 1 is 1.12 bits per heavy atom. The molecule has 0 amide bonds. The molecule has 5 heteroatoms. The third kappa shape index (κ3) is 6.14. The van der Waals surface area contributed by atoms with E-state index in [0.717, 1.165) is 17.3 Å². The Morgan fingerprint density at radius 3 is 2.12 bits per heavy atom. The number of hydrogen-bond acceptors (Lipinski definition) is 3. The van der Waals surface area contributed by atoms with E-state index in [4.69, 9.17) is 12.2 Å². The molecule has 1 atom stereocenters. The minimum absolute atomic E-state index is 0.278. The van der Waals surface area contributed by atoms with Crippen molar-refractivity contribution >= 4 is 28.2 Å². The number of rotatable bonds is 7. The van der Waals surface area contributed by atoms with Crippen molar-refractivity contribution in [3.8, 4) is 6.07 Å². The number of hydrogen-bond donors (Lipinski definition) is 0. The molecule has 0 aliphatic heterocycles. The topological polar surface area (TPSA) is 23.8 Å². The summed E-state index contributed by atoms with van der Waals surface area (Å²) >= 11 is 6.45. The van der Waals surface area contributed by atoms with Gasteiger partial charge in [0.2, 0.25) is 0 Å². The minimum Gasteiger partial charge on any atom is -0.209 e. The van der Waals surface area contributed by atoms with E-state index in [1.807, 2.05) is 58.0 Å². The van der Waals surface area contributed by atoms with Crippen LogP contribution >= 0.6 is 24.0 Å². The molecule has 1 nitrogen and oxygen atoms in total. The number of nitriles is 1. The molecule has 1 aromatic rings.